The molecule has 0 aliphatic carbocycles. The van der Waals surface area contributed by atoms with E-state index in [4.69, 9.17) is 11.6 Å². The fraction of sp³-hybridized carbons (Fsp3) is 0.462. The summed E-state index contributed by atoms with van der Waals surface area (Å²) >= 11 is 5.97. The standard InChI is InChI=1S/C13H15ClN2O3/c1-8-3-2-6-16(11(8)13(18)19)12(17)9-7-15-5-4-10(9)14/h4-5,7-8,11H,2-3,6H2,1H3,(H,18,19). The van der Waals surface area contributed by atoms with Crippen LogP contribution in [0, 0.1) is 5.92 Å². The van der Waals surface area contributed by atoms with Gasteiger partial charge in [-0.1, -0.05) is 18.5 Å². The smallest absolute Gasteiger partial charge is 0.326 e. The number of likely N-dealkylation sites (tertiary alicyclic amines) is 1. The lowest BCUT2D eigenvalue weighted by atomic mass is 9.90. The lowest BCUT2D eigenvalue weighted by Crippen LogP contribution is -2.52. The van der Waals surface area contributed by atoms with Gasteiger partial charge in [0, 0.05) is 18.9 Å². The van der Waals surface area contributed by atoms with Gasteiger partial charge in [0.05, 0.1) is 10.6 Å². The molecule has 19 heavy (non-hydrogen) atoms. The zero-order valence-corrected chi connectivity index (χ0v) is 11.3. The van der Waals surface area contributed by atoms with Crippen LogP contribution in [0.1, 0.15) is 30.1 Å². The Morgan fingerprint density at radius 1 is 1.53 bits per heavy atom. The molecule has 6 heteroatoms. The Morgan fingerprint density at radius 3 is 2.89 bits per heavy atom. The Kier molecular flexibility index (Phi) is 4.04. The van der Waals surface area contributed by atoms with Crippen LogP contribution in [0.4, 0.5) is 0 Å². The highest BCUT2D eigenvalue weighted by Gasteiger charge is 2.37. The molecule has 1 aromatic rings. The molecular weight excluding hydrogens is 268 g/mol. The maximum absolute atomic E-state index is 12.4. The third-order valence-electron chi connectivity index (χ3n) is 3.45. The van der Waals surface area contributed by atoms with E-state index in [1.165, 1.54) is 23.4 Å². The second-order valence-corrected chi connectivity index (χ2v) is 5.16. The Morgan fingerprint density at radius 2 is 2.26 bits per heavy atom. The summed E-state index contributed by atoms with van der Waals surface area (Å²) in [7, 11) is 0. The van der Waals surface area contributed by atoms with Crippen molar-refractivity contribution in [3.63, 3.8) is 0 Å². The molecule has 0 bridgehead atoms. The van der Waals surface area contributed by atoms with Crippen LogP contribution in [-0.2, 0) is 4.79 Å². The van der Waals surface area contributed by atoms with Crippen LogP contribution in [0.5, 0.6) is 0 Å². The number of carboxylic acids is 1. The molecule has 0 radical (unpaired) electrons. The van der Waals surface area contributed by atoms with Crippen LogP contribution in [0.25, 0.3) is 0 Å². The zero-order valence-electron chi connectivity index (χ0n) is 10.5. The van der Waals surface area contributed by atoms with E-state index in [1.54, 1.807) is 0 Å². The summed E-state index contributed by atoms with van der Waals surface area (Å²) in [6.07, 6.45) is 4.48. The molecule has 0 spiro atoms. The predicted octanol–water partition coefficient (Wildman–Crippen LogP) is 2.06. The molecule has 5 nitrogen and oxygen atoms in total. The van der Waals surface area contributed by atoms with Crippen molar-refractivity contribution in [2.45, 2.75) is 25.8 Å². The van der Waals surface area contributed by atoms with E-state index in [0.29, 0.717) is 11.6 Å². The van der Waals surface area contributed by atoms with E-state index >= 15 is 0 Å². The summed E-state index contributed by atoms with van der Waals surface area (Å²) in [6.45, 7) is 2.29. The predicted molar refractivity (Wildman–Crippen MR) is 70.1 cm³/mol. The second-order valence-electron chi connectivity index (χ2n) is 4.76. The first-order chi connectivity index (χ1) is 9.02. The number of rotatable bonds is 2. The van der Waals surface area contributed by atoms with E-state index in [0.717, 1.165) is 12.8 Å². The van der Waals surface area contributed by atoms with Crippen molar-refractivity contribution in [1.29, 1.82) is 0 Å². The van der Waals surface area contributed by atoms with Crippen molar-refractivity contribution in [3.8, 4) is 0 Å². The minimum absolute atomic E-state index is 0.0642. The first-order valence-electron chi connectivity index (χ1n) is 6.15. The van der Waals surface area contributed by atoms with Crippen molar-refractivity contribution in [3.05, 3.63) is 29.0 Å². The van der Waals surface area contributed by atoms with Gasteiger partial charge in [-0.2, -0.15) is 0 Å². The lowest BCUT2D eigenvalue weighted by Gasteiger charge is -2.37. The van der Waals surface area contributed by atoms with E-state index in [1.807, 2.05) is 6.92 Å². The number of nitrogens with zero attached hydrogens (tertiary/aromatic N) is 2. The zero-order chi connectivity index (χ0) is 14.0. The third-order valence-corrected chi connectivity index (χ3v) is 3.78. The molecule has 1 amide bonds. The van der Waals surface area contributed by atoms with Crippen LogP contribution in [0.2, 0.25) is 5.02 Å². The molecule has 0 aromatic carbocycles. The normalized spacial score (nSPS) is 23.2. The number of aliphatic carboxylic acids is 1. The van der Waals surface area contributed by atoms with E-state index < -0.39 is 12.0 Å². The molecule has 0 saturated carbocycles. The average molecular weight is 283 g/mol. The molecular formula is C13H15ClN2O3. The van der Waals surface area contributed by atoms with Crippen molar-refractivity contribution in [2.75, 3.05) is 6.54 Å². The number of piperidine rings is 1. The number of carboxylic acid groups (broad SMARTS) is 1. The van der Waals surface area contributed by atoms with E-state index in [-0.39, 0.29) is 17.4 Å². The summed E-state index contributed by atoms with van der Waals surface area (Å²) in [6, 6.07) is 0.732. The molecule has 1 aliphatic rings. The van der Waals surface area contributed by atoms with Gasteiger partial charge in [0.25, 0.3) is 5.91 Å². The van der Waals surface area contributed by atoms with Crippen LogP contribution in [-0.4, -0.2) is 39.5 Å². The molecule has 2 heterocycles. The average Bonchev–Trinajstić information content (AvgIpc) is 2.37. The van der Waals surface area contributed by atoms with Gasteiger partial charge in [0.1, 0.15) is 6.04 Å². The first kappa shape index (κ1) is 13.8. The number of halogens is 1. The summed E-state index contributed by atoms with van der Waals surface area (Å²) in [5.74, 6) is -1.40. The lowest BCUT2D eigenvalue weighted by molar-refractivity contribution is -0.145. The SMILES string of the molecule is CC1CCCN(C(=O)c2cnccc2Cl)C1C(=O)O. The van der Waals surface area contributed by atoms with Gasteiger partial charge in [0.15, 0.2) is 0 Å². The molecule has 2 rings (SSSR count). The number of pyridine rings is 1. The highest BCUT2D eigenvalue weighted by molar-refractivity contribution is 6.33. The fourth-order valence-corrected chi connectivity index (χ4v) is 2.67. The van der Waals surface area contributed by atoms with Crippen molar-refractivity contribution in [2.24, 2.45) is 5.92 Å². The van der Waals surface area contributed by atoms with Gasteiger partial charge in [-0.25, -0.2) is 4.79 Å². The van der Waals surface area contributed by atoms with E-state index in [2.05, 4.69) is 4.98 Å². The maximum atomic E-state index is 12.4. The molecule has 1 N–H and O–H groups in total. The van der Waals surface area contributed by atoms with Gasteiger partial charge in [-0.3, -0.25) is 9.78 Å². The van der Waals surface area contributed by atoms with Gasteiger partial charge >= 0.3 is 5.97 Å². The Hall–Kier alpha value is -1.62. The molecule has 102 valence electrons. The largest absolute Gasteiger partial charge is 0.480 e. The third kappa shape index (κ3) is 2.71. The maximum Gasteiger partial charge on any atom is 0.326 e. The van der Waals surface area contributed by atoms with Crippen LogP contribution in [0.3, 0.4) is 0 Å². The number of hydrogen-bond donors (Lipinski definition) is 1. The van der Waals surface area contributed by atoms with Crippen molar-refractivity contribution in [1.82, 2.24) is 9.88 Å². The number of carbonyl (C=O) groups excluding carboxylic acids is 1. The number of aromatic nitrogens is 1. The molecule has 1 saturated heterocycles. The summed E-state index contributed by atoms with van der Waals surface area (Å²) in [5, 5.41) is 9.60. The highest BCUT2D eigenvalue weighted by atomic mass is 35.5. The molecule has 1 aromatic heterocycles. The fourth-order valence-electron chi connectivity index (χ4n) is 2.48. The van der Waals surface area contributed by atoms with Crippen molar-refractivity contribution >= 4 is 23.5 Å². The number of carbonyl (C=O) groups is 2. The van der Waals surface area contributed by atoms with Crippen LogP contribution < -0.4 is 0 Å². The Labute approximate surface area is 116 Å². The van der Waals surface area contributed by atoms with Gasteiger partial charge in [-0.05, 0) is 24.8 Å². The van der Waals surface area contributed by atoms with Crippen LogP contribution in [0.15, 0.2) is 18.5 Å². The number of amides is 1. The summed E-state index contributed by atoms with van der Waals surface area (Å²) in [4.78, 5) is 29.0. The minimum atomic E-state index is -0.972. The van der Waals surface area contributed by atoms with Gasteiger partial charge < -0.3 is 10.0 Å². The highest BCUT2D eigenvalue weighted by Crippen LogP contribution is 2.26. The van der Waals surface area contributed by atoms with Crippen molar-refractivity contribution < 1.29 is 14.7 Å². The Balaban J connectivity index is 2.31. The first-order valence-corrected chi connectivity index (χ1v) is 6.53. The molecule has 2 unspecified atom stereocenters. The molecule has 1 aliphatic heterocycles. The molecule has 2 atom stereocenters. The monoisotopic (exact) mass is 282 g/mol. The quantitative estimate of drug-likeness (QED) is 0.901. The van der Waals surface area contributed by atoms with Gasteiger partial charge in [0.2, 0.25) is 0 Å². The minimum Gasteiger partial charge on any atom is -0.480 e. The number of hydrogen-bond acceptors (Lipinski definition) is 3. The van der Waals surface area contributed by atoms with Crippen LogP contribution >= 0.6 is 11.6 Å². The van der Waals surface area contributed by atoms with E-state index in [9.17, 15) is 14.7 Å². The van der Waals surface area contributed by atoms with Gasteiger partial charge in [-0.15, -0.1) is 0 Å². The summed E-state index contributed by atoms with van der Waals surface area (Å²) in [5.41, 5.74) is 0.254. The Bertz CT molecular complexity index is 506. The molecule has 1 fully saturated rings. The summed E-state index contributed by atoms with van der Waals surface area (Å²) < 4.78 is 0. The second kappa shape index (κ2) is 5.57. The topological polar surface area (TPSA) is 70.5 Å².